The smallest absolute Gasteiger partial charge is 0.223 e. The van der Waals surface area contributed by atoms with Crippen molar-refractivity contribution in [2.75, 3.05) is 30.8 Å². The van der Waals surface area contributed by atoms with E-state index in [2.05, 4.69) is 21.2 Å². The lowest BCUT2D eigenvalue weighted by Gasteiger charge is -2.29. The second kappa shape index (κ2) is 6.76. The van der Waals surface area contributed by atoms with Crippen LogP contribution in [0.2, 0.25) is 5.15 Å². The van der Waals surface area contributed by atoms with Gasteiger partial charge in [-0.25, -0.2) is 4.98 Å². The van der Waals surface area contributed by atoms with E-state index < -0.39 is 0 Å². The number of oxime groups is 1. The molecule has 0 saturated carbocycles. The van der Waals surface area contributed by atoms with Crippen LogP contribution < -0.4 is 10.6 Å². The Morgan fingerprint density at radius 2 is 2.08 bits per heavy atom. The zero-order valence-electron chi connectivity index (χ0n) is 14.6. The molecule has 0 atom stereocenters. The highest BCUT2D eigenvalue weighted by atomic mass is 35.5. The molecule has 0 fully saturated rings. The van der Waals surface area contributed by atoms with Crippen molar-refractivity contribution >= 4 is 35.2 Å². The predicted octanol–water partition coefficient (Wildman–Crippen LogP) is 3.15. The summed E-state index contributed by atoms with van der Waals surface area (Å²) in [6.45, 7) is 6.95. The monoisotopic (exact) mass is 361 g/mol. The molecule has 3 heterocycles. The third-order valence-electron chi connectivity index (χ3n) is 4.24. The number of allylic oxidation sites excluding steroid dienone is 3. The van der Waals surface area contributed by atoms with Crippen molar-refractivity contribution in [3.63, 3.8) is 0 Å². The molecule has 0 aromatic carbocycles. The number of nitrogen functional groups attached to an aromatic ring is 1. The van der Waals surface area contributed by atoms with Gasteiger partial charge in [0.05, 0.1) is 25.4 Å². The number of fused-ring (bicyclic) bond motifs is 1. The van der Waals surface area contributed by atoms with Crippen molar-refractivity contribution in [3.05, 3.63) is 39.5 Å². The summed E-state index contributed by atoms with van der Waals surface area (Å²) in [6, 6.07) is 0. The molecule has 2 N–H and O–H groups in total. The van der Waals surface area contributed by atoms with Crippen molar-refractivity contribution in [2.45, 2.75) is 20.8 Å². The first-order valence-electron chi connectivity index (χ1n) is 7.82. The number of ether oxygens (including phenoxy) is 1. The molecule has 0 unspecified atom stereocenters. The Morgan fingerprint density at radius 3 is 2.80 bits per heavy atom. The summed E-state index contributed by atoms with van der Waals surface area (Å²) in [5.41, 5.74) is 9.39. The van der Waals surface area contributed by atoms with Gasteiger partial charge in [0.2, 0.25) is 5.95 Å². The molecule has 1 aromatic heterocycles. The molecule has 1 aromatic rings. The van der Waals surface area contributed by atoms with E-state index in [-0.39, 0.29) is 5.95 Å². The van der Waals surface area contributed by atoms with Gasteiger partial charge in [0.15, 0.2) is 5.76 Å². The minimum absolute atomic E-state index is 0.141. The van der Waals surface area contributed by atoms with Gasteiger partial charge in [-0.3, -0.25) is 0 Å². The van der Waals surface area contributed by atoms with E-state index in [0.29, 0.717) is 29.8 Å². The molecule has 3 rings (SSSR count). The fourth-order valence-electron chi connectivity index (χ4n) is 2.93. The zero-order chi connectivity index (χ0) is 18.1. The summed E-state index contributed by atoms with van der Waals surface area (Å²) in [7, 11) is 1.63. The summed E-state index contributed by atoms with van der Waals surface area (Å²) in [5, 5.41) is 4.35. The van der Waals surface area contributed by atoms with Crippen LogP contribution in [0.25, 0.3) is 5.57 Å². The molecular formula is C17H20ClN5O2. The van der Waals surface area contributed by atoms with E-state index in [1.165, 1.54) is 0 Å². The largest absolute Gasteiger partial charge is 0.496 e. The minimum Gasteiger partial charge on any atom is -0.496 e. The average Bonchev–Trinajstić information content (AvgIpc) is 2.68. The van der Waals surface area contributed by atoms with Crippen molar-refractivity contribution in [3.8, 4) is 0 Å². The molecular weight excluding hydrogens is 342 g/mol. The zero-order valence-corrected chi connectivity index (χ0v) is 15.4. The fourth-order valence-corrected chi connectivity index (χ4v) is 3.25. The Kier molecular flexibility index (Phi) is 4.67. The Morgan fingerprint density at radius 1 is 1.32 bits per heavy atom. The van der Waals surface area contributed by atoms with Crippen LogP contribution in [-0.2, 0) is 9.57 Å². The first-order valence-corrected chi connectivity index (χ1v) is 8.20. The number of nitrogens with zero attached hydrogens (tertiary/aromatic N) is 4. The van der Waals surface area contributed by atoms with Gasteiger partial charge in [-0.05, 0) is 26.3 Å². The molecule has 0 radical (unpaired) electrons. The standard InChI is InChI=1S/C17H20ClN5O2/c1-9-5-6-23(16-13(9)15(18)21-17(19)22-16)8-12-11(3)14(24-4)10(2)7-20-25-12/h5,7H,6,8H2,1-4H3,(H2,19,21,22). The van der Waals surface area contributed by atoms with Crippen LogP contribution in [0, 0.1) is 0 Å². The third kappa shape index (κ3) is 3.19. The maximum atomic E-state index is 6.28. The summed E-state index contributed by atoms with van der Waals surface area (Å²) < 4.78 is 5.49. The van der Waals surface area contributed by atoms with E-state index in [1.807, 2.05) is 25.7 Å². The lowest BCUT2D eigenvalue weighted by molar-refractivity contribution is 0.218. The Labute approximate surface area is 151 Å². The fraction of sp³-hybridized carbons (Fsp3) is 0.353. The number of nitrogens with two attached hydrogens (primary N) is 1. The van der Waals surface area contributed by atoms with Crippen LogP contribution in [0.15, 0.2) is 33.9 Å². The van der Waals surface area contributed by atoms with Gasteiger partial charge in [-0.1, -0.05) is 22.8 Å². The summed E-state index contributed by atoms with van der Waals surface area (Å²) in [5.74, 6) is 2.26. The molecule has 0 spiro atoms. The maximum Gasteiger partial charge on any atom is 0.223 e. The van der Waals surface area contributed by atoms with E-state index in [4.69, 9.17) is 26.9 Å². The lowest BCUT2D eigenvalue weighted by Crippen LogP contribution is -2.31. The number of halogens is 1. The maximum absolute atomic E-state index is 6.28. The quantitative estimate of drug-likeness (QED) is 0.832. The van der Waals surface area contributed by atoms with Crippen molar-refractivity contribution < 1.29 is 9.57 Å². The van der Waals surface area contributed by atoms with E-state index in [1.54, 1.807) is 13.3 Å². The van der Waals surface area contributed by atoms with Crippen molar-refractivity contribution in [1.29, 1.82) is 0 Å². The number of anilines is 2. The highest BCUT2D eigenvalue weighted by Crippen LogP contribution is 2.35. The van der Waals surface area contributed by atoms with Crippen LogP contribution in [0.4, 0.5) is 11.8 Å². The summed E-state index contributed by atoms with van der Waals surface area (Å²) >= 11 is 6.28. The molecule has 8 heteroatoms. The summed E-state index contributed by atoms with van der Waals surface area (Å²) in [4.78, 5) is 16.0. The van der Waals surface area contributed by atoms with Gasteiger partial charge in [0, 0.05) is 17.7 Å². The van der Waals surface area contributed by atoms with E-state index in [0.717, 1.165) is 28.0 Å². The highest BCUT2D eigenvalue weighted by Gasteiger charge is 2.25. The van der Waals surface area contributed by atoms with E-state index >= 15 is 0 Å². The molecule has 7 nitrogen and oxygen atoms in total. The van der Waals surface area contributed by atoms with Crippen molar-refractivity contribution in [1.82, 2.24) is 9.97 Å². The van der Waals surface area contributed by atoms with Crippen LogP contribution in [0.5, 0.6) is 0 Å². The molecule has 0 aliphatic carbocycles. The molecule has 2 aliphatic heterocycles. The van der Waals surface area contributed by atoms with Gasteiger partial charge in [-0.2, -0.15) is 4.98 Å². The summed E-state index contributed by atoms with van der Waals surface area (Å²) in [6.07, 6.45) is 3.71. The van der Waals surface area contributed by atoms with Gasteiger partial charge in [0.25, 0.3) is 0 Å². The van der Waals surface area contributed by atoms with Crippen LogP contribution in [0.3, 0.4) is 0 Å². The normalized spacial score (nSPS) is 17.2. The van der Waals surface area contributed by atoms with Gasteiger partial charge in [-0.15, -0.1) is 0 Å². The van der Waals surface area contributed by atoms with Gasteiger partial charge in [0.1, 0.15) is 16.7 Å². The average molecular weight is 362 g/mol. The minimum atomic E-state index is 0.141. The number of hydrogen-bond acceptors (Lipinski definition) is 7. The number of aromatic nitrogens is 2. The number of methoxy groups -OCH3 is 1. The SMILES string of the molecule is COC1=C(C)C=NOC(CN2CC=C(C)c3c(Cl)nc(N)nc32)=C1C. The van der Waals surface area contributed by atoms with Gasteiger partial charge < -0.3 is 20.2 Å². The predicted molar refractivity (Wildman–Crippen MR) is 99.3 cm³/mol. The Hall–Kier alpha value is -2.54. The first-order chi connectivity index (χ1) is 11.9. The molecule has 2 aliphatic rings. The Balaban J connectivity index is 2.01. The molecule has 0 saturated heterocycles. The second-order valence-corrected chi connectivity index (χ2v) is 6.29. The topological polar surface area (TPSA) is 85.9 Å². The van der Waals surface area contributed by atoms with Crippen molar-refractivity contribution in [2.24, 2.45) is 5.16 Å². The van der Waals surface area contributed by atoms with Crippen LogP contribution in [0.1, 0.15) is 26.3 Å². The van der Waals surface area contributed by atoms with Crippen LogP contribution >= 0.6 is 11.6 Å². The van der Waals surface area contributed by atoms with E-state index in [9.17, 15) is 0 Å². The second-order valence-electron chi connectivity index (χ2n) is 5.93. The Bertz CT molecular complexity index is 842. The number of hydrogen-bond donors (Lipinski definition) is 1. The van der Waals surface area contributed by atoms with Gasteiger partial charge >= 0.3 is 0 Å². The molecule has 25 heavy (non-hydrogen) atoms. The lowest BCUT2D eigenvalue weighted by atomic mass is 10.1. The highest BCUT2D eigenvalue weighted by molar-refractivity contribution is 6.31. The molecule has 0 amide bonds. The number of rotatable bonds is 3. The first kappa shape index (κ1) is 17.3. The van der Waals surface area contributed by atoms with Crippen LogP contribution in [-0.4, -0.2) is 36.4 Å². The molecule has 132 valence electrons. The molecule has 0 bridgehead atoms. The third-order valence-corrected chi connectivity index (χ3v) is 4.51.